The lowest BCUT2D eigenvalue weighted by Gasteiger charge is -2.35. The fraction of sp³-hybridized carbons (Fsp3) is 0.556. The van der Waals surface area contributed by atoms with Crippen LogP contribution < -0.4 is 10.1 Å². The first kappa shape index (κ1) is 13.7. The average Bonchev–Trinajstić information content (AvgIpc) is 2.48. The first-order valence-electron chi connectivity index (χ1n) is 8.05. The van der Waals surface area contributed by atoms with Gasteiger partial charge in [-0.2, -0.15) is 0 Å². The van der Waals surface area contributed by atoms with Gasteiger partial charge in [0.25, 0.3) is 0 Å². The van der Waals surface area contributed by atoms with Crippen LogP contribution >= 0.6 is 0 Å². The van der Waals surface area contributed by atoms with E-state index in [2.05, 4.69) is 42.6 Å². The van der Waals surface area contributed by atoms with Crippen LogP contribution in [-0.2, 0) is 0 Å². The predicted octanol–water partition coefficient (Wildman–Crippen LogP) is 4.16. The number of hydrogen-bond acceptors (Lipinski definition) is 2. The minimum atomic E-state index is 0.595. The maximum atomic E-state index is 5.73. The van der Waals surface area contributed by atoms with Crippen molar-refractivity contribution >= 4 is 5.57 Å². The van der Waals surface area contributed by atoms with Crippen LogP contribution in [0.15, 0.2) is 30.3 Å². The number of piperidine rings is 1. The molecule has 0 aliphatic carbocycles. The normalized spacial score (nSPS) is 25.1. The van der Waals surface area contributed by atoms with Crippen molar-refractivity contribution in [2.24, 2.45) is 0 Å². The summed E-state index contributed by atoms with van der Waals surface area (Å²) in [7, 11) is 0. The van der Waals surface area contributed by atoms with Crippen LogP contribution in [0, 0.1) is 0 Å². The summed E-state index contributed by atoms with van der Waals surface area (Å²) in [4.78, 5) is 0. The fourth-order valence-corrected chi connectivity index (χ4v) is 3.24. The molecule has 0 saturated carbocycles. The monoisotopic (exact) mass is 271 g/mol. The third-order valence-corrected chi connectivity index (χ3v) is 4.38. The summed E-state index contributed by atoms with van der Waals surface area (Å²) >= 11 is 0. The van der Waals surface area contributed by atoms with Crippen molar-refractivity contribution < 1.29 is 4.74 Å². The number of hydrogen-bond donors (Lipinski definition) is 1. The summed E-state index contributed by atoms with van der Waals surface area (Å²) in [5.74, 6) is 0.997. The summed E-state index contributed by atoms with van der Waals surface area (Å²) in [6, 6.07) is 9.95. The molecule has 0 amide bonds. The maximum absolute atomic E-state index is 5.73. The smallest absolute Gasteiger partial charge is 0.119 e. The van der Waals surface area contributed by atoms with Gasteiger partial charge in [0.05, 0.1) is 6.61 Å². The summed E-state index contributed by atoms with van der Waals surface area (Å²) < 4.78 is 5.73. The van der Waals surface area contributed by atoms with Crippen molar-refractivity contribution in [3.63, 3.8) is 0 Å². The van der Waals surface area contributed by atoms with E-state index in [1.54, 1.807) is 0 Å². The lowest BCUT2D eigenvalue weighted by atomic mass is 9.85. The van der Waals surface area contributed by atoms with Gasteiger partial charge in [-0.3, -0.25) is 0 Å². The molecule has 1 aromatic rings. The number of ether oxygens (including phenoxy) is 1. The molecule has 1 fully saturated rings. The second-order valence-corrected chi connectivity index (χ2v) is 6.02. The molecular formula is C18H25NO. The number of rotatable bonds is 5. The third-order valence-electron chi connectivity index (χ3n) is 4.38. The summed E-state index contributed by atoms with van der Waals surface area (Å²) in [6.45, 7) is 3.01. The molecule has 3 rings (SSSR count). The van der Waals surface area contributed by atoms with Crippen LogP contribution in [0.4, 0.5) is 0 Å². The lowest BCUT2D eigenvalue weighted by molar-refractivity contribution is 0.309. The molecule has 2 atom stereocenters. The highest BCUT2D eigenvalue weighted by atomic mass is 16.5. The molecule has 1 N–H and O–H groups in total. The van der Waals surface area contributed by atoms with Crippen molar-refractivity contribution in [3.8, 4) is 5.75 Å². The number of unbranched alkanes of at least 4 members (excludes halogenated alkanes) is 1. The van der Waals surface area contributed by atoms with E-state index >= 15 is 0 Å². The molecule has 1 saturated heterocycles. The zero-order valence-electron chi connectivity index (χ0n) is 12.4. The van der Waals surface area contributed by atoms with E-state index in [9.17, 15) is 0 Å². The van der Waals surface area contributed by atoms with E-state index in [4.69, 9.17) is 4.74 Å². The highest BCUT2D eigenvalue weighted by molar-refractivity contribution is 5.68. The van der Waals surface area contributed by atoms with Crippen LogP contribution in [0.2, 0.25) is 0 Å². The minimum Gasteiger partial charge on any atom is -0.494 e. The van der Waals surface area contributed by atoms with Gasteiger partial charge in [0.1, 0.15) is 5.75 Å². The molecule has 0 radical (unpaired) electrons. The van der Waals surface area contributed by atoms with Crippen molar-refractivity contribution in [2.45, 2.75) is 57.5 Å². The van der Waals surface area contributed by atoms with Gasteiger partial charge in [-0.15, -0.1) is 0 Å². The van der Waals surface area contributed by atoms with Crippen LogP contribution in [0.5, 0.6) is 5.75 Å². The van der Waals surface area contributed by atoms with Crippen molar-refractivity contribution in [2.75, 3.05) is 6.61 Å². The molecule has 2 heterocycles. The van der Waals surface area contributed by atoms with E-state index in [0.717, 1.165) is 18.8 Å². The highest BCUT2D eigenvalue weighted by Gasteiger charge is 2.25. The zero-order valence-corrected chi connectivity index (χ0v) is 12.4. The Labute approximate surface area is 122 Å². The van der Waals surface area contributed by atoms with E-state index in [1.807, 2.05) is 0 Å². The topological polar surface area (TPSA) is 21.3 Å². The Morgan fingerprint density at radius 2 is 2.05 bits per heavy atom. The summed E-state index contributed by atoms with van der Waals surface area (Å²) in [5.41, 5.74) is 2.88. The standard InChI is InChI=1S/C18H25NO/c1-2-3-11-20-18-9-7-14(8-10-18)15-12-16-5-4-6-17(13-15)19-16/h7-10,12,16-17,19H,2-6,11,13H2,1H3. The Bertz CT molecular complexity index is 463. The van der Waals surface area contributed by atoms with Crippen molar-refractivity contribution in [1.82, 2.24) is 5.32 Å². The first-order valence-corrected chi connectivity index (χ1v) is 8.05. The molecule has 2 aliphatic heterocycles. The second kappa shape index (κ2) is 6.45. The van der Waals surface area contributed by atoms with Gasteiger partial charge in [0.2, 0.25) is 0 Å². The fourth-order valence-electron chi connectivity index (χ4n) is 3.24. The van der Waals surface area contributed by atoms with Gasteiger partial charge in [-0.25, -0.2) is 0 Å². The van der Waals surface area contributed by atoms with Crippen LogP contribution in [0.3, 0.4) is 0 Å². The van der Waals surface area contributed by atoms with Gasteiger partial charge < -0.3 is 10.1 Å². The van der Waals surface area contributed by atoms with Gasteiger partial charge >= 0.3 is 0 Å². The van der Waals surface area contributed by atoms with Gasteiger partial charge in [-0.05, 0) is 49.0 Å². The molecule has 20 heavy (non-hydrogen) atoms. The Hall–Kier alpha value is -1.28. The molecule has 2 nitrogen and oxygen atoms in total. The zero-order chi connectivity index (χ0) is 13.8. The largest absolute Gasteiger partial charge is 0.494 e. The summed E-state index contributed by atoms with van der Waals surface area (Å²) in [6.07, 6.45) is 9.90. The van der Waals surface area contributed by atoms with Crippen LogP contribution in [0.25, 0.3) is 5.57 Å². The highest BCUT2D eigenvalue weighted by Crippen LogP contribution is 2.31. The molecule has 2 aliphatic rings. The maximum Gasteiger partial charge on any atom is 0.119 e. The lowest BCUT2D eigenvalue weighted by Crippen LogP contribution is -2.44. The SMILES string of the molecule is CCCCOc1ccc(C2=CC3CCCC(C2)N3)cc1. The van der Waals surface area contributed by atoms with E-state index in [-0.39, 0.29) is 0 Å². The Kier molecular flexibility index (Phi) is 4.41. The molecule has 2 unspecified atom stereocenters. The Morgan fingerprint density at radius 3 is 2.80 bits per heavy atom. The van der Waals surface area contributed by atoms with Crippen LogP contribution in [-0.4, -0.2) is 18.7 Å². The molecule has 1 aromatic carbocycles. The average molecular weight is 271 g/mol. The second-order valence-electron chi connectivity index (χ2n) is 6.02. The molecular weight excluding hydrogens is 246 g/mol. The van der Waals surface area contributed by atoms with Crippen molar-refractivity contribution in [1.29, 1.82) is 0 Å². The van der Waals surface area contributed by atoms with Gasteiger partial charge in [0.15, 0.2) is 0 Å². The Morgan fingerprint density at radius 1 is 1.20 bits per heavy atom. The van der Waals surface area contributed by atoms with E-state index < -0.39 is 0 Å². The Balaban J connectivity index is 1.66. The van der Waals surface area contributed by atoms with E-state index in [0.29, 0.717) is 12.1 Å². The molecule has 0 aromatic heterocycles. The number of nitrogens with one attached hydrogen (secondary N) is 1. The molecule has 108 valence electrons. The number of fused-ring (bicyclic) bond motifs is 2. The van der Waals surface area contributed by atoms with Gasteiger partial charge in [-0.1, -0.05) is 38.0 Å². The third kappa shape index (κ3) is 3.24. The molecule has 2 heteroatoms. The quantitative estimate of drug-likeness (QED) is 0.812. The predicted molar refractivity (Wildman–Crippen MR) is 84.0 cm³/mol. The minimum absolute atomic E-state index is 0.595. The summed E-state index contributed by atoms with van der Waals surface area (Å²) in [5, 5.41) is 3.70. The number of benzene rings is 1. The van der Waals surface area contributed by atoms with Gasteiger partial charge in [0, 0.05) is 12.1 Å². The first-order chi connectivity index (χ1) is 9.85. The molecule has 0 spiro atoms. The van der Waals surface area contributed by atoms with Crippen molar-refractivity contribution in [3.05, 3.63) is 35.9 Å². The molecule has 2 bridgehead atoms. The van der Waals surface area contributed by atoms with Crippen LogP contribution in [0.1, 0.15) is 51.0 Å². The van der Waals surface area contributed by atoms with E-state index in [1.165, 1.54) is 43.2 Å².